The van der Waals surface area contributed by atoms with Crippen molar-refractivity contribution >= 4 is 17.8 Å². The molecule has 0 saturated carbocycles. The molecule has 0 aromatic carbocycles. The van der Waals surface area contributed by atoms with E-state index in [4.69, 9.17) is 4.74 Å². The van der Waals surface area contributed by atoms with E-state index in [2.05, 4.69) is 31.0 Å². The van der Waals surface area contributed by atoms with Gasteiger partial charge in [0.25, 0.3) is 0 Å². The molecule has 0 aromatic heterocycles. The lowest BCUT2D eigenvalue weighted by Gasteiger charge is -2.41. The molecule has 1 rings (SSSR count). The molecule has 7 nitrogen and oxygen atoms in total. The lowest BCUT2D eigenvalue weighted by molar-refractivity contribution is -0.140. The molecule has 1 aliphatic heterocycles. The zero-order chi connectivity index (χ0) is 26.2. The van der Waals surface area contributed by atoms with Gasteiger partial charge >= 0.3 is 5.97 Å². The molecule has 1 fully saturated rings. The number of nitrogens with one attached hydrogen (secondary N) is 1. The van der Waals surface area contributed by atoms with Gasteiger partial charge in [0.15, 0.2) is 0 Å². The van der Waals surface area contributed by atoms with E-state index in [1.807, 2.05) is 27.7 Å². The minimum absolute atomic E-state index is 0.0630. The second-order valence-corrected chi connectivity index (χ2v) is 10.7. The Bertz CT molecular complexity index is 717. The maximum absolute atomic E-state index is 13.6. The highest BCUT2D eigenvalue weighted by atomic mass is 16.5. The lowest BCUT2D eigenvalue weighted by Crippen LogP contribution is -2.59. The molecule has 1 saturated heterocycles. The second kappa shape index (κ2) is 13.9. The van der Waals surface area contributed by atoms with Crippen LogP contribution in [-0.4, -0.2) is 72.0 Å². The molecule has 4 atom stereocenters. The number of likely N-dealkylation sites (N-methyl/N-ethyl adjacent to an activating group) is 1. The van der Waals surface area contributed by atoms with Crippen LogP contribution < -0.4 is 5.32 Å². The minimum atomic E-state index is -0.631. The number of likely N-dealkylation sites (tertiary alicyclic amines) is 1. The number of carbonyl (C=O) groups is 3. The number of rotatable bonds is 11. The highest BCUT2D eigenvalue weighted by molar-refractivity contribution is 5.91. The first kappa shape index (κ1) is 30.1. The average molecular weight is 480 g/mol. The van der Waals surface area contributed by atoms with Gasteiger partial charge in [-0.05, 0) is 57.9 Å². The molecular formula is C27H49N3O4. The van der Waals surface area contributed by atoms with Gasteiger partial charge in [-0.15, -0.1) is 0 Å². The van der Waals surface area contributed by atoms with Gasteiger partial charge in [0.2, 0.25) is 11.8 Å². The SMILES string of the molecule is CCOC(=O)/C(C)=C/[C@H](C(C)C)N(C)C(=O)C(NC(=O)[C@H]1CCCCN1C(C)C(C)C)C(C)C. The zero-order valence-corrected chi connectivity index (χ0v) is 23.2. The van der Waals surface area contributed by atoms with Crippen molar-refractivity contribution in [1.29, 1.82) is 0 Å². The van der Waals surface area contributed by atoms with Gasteiger partial charge in [0.05, 0.1) is 18.7 Å². The number of hydrogen-bond acceptors (Lipinski definition) is 5. The lowest BCUT2D eigenvalue weighted by atomic mass is 9.93. The molecule has 7 heteroatoms. The summed E-state index contributed by atoms with van der Waals surface area (Å²) in [6.45, 7) is 19.2. The first-order valence-corrected chi connectivity index (χ1v) is 13.0. The van der Waals surface area contributed by atoms with Crippen molar-refractivity contribution in [3.8, 4) is 0 Å². The smallest absolute Gasteiger partial charge is 0.333 e. The minimum Gasteiger partial charge on any atom is -0.463 e. The molecule has 2 unspecified atom stereocenters. The summed E-state index contributed by atoms with van der Waals surface area (Å²) in [5.41, 5.74) is 0.478. The number of carbonyl (C=O) groups excluding carboxylic acids is 3. The monoisotopic (exact) mass is 479 g/mol. The Labute approximate surface area is 207 Å². The van der Waals surface area contributed by atoms with Gasteiger partial charge in [0, 0.05) is 18.7 Å². The van der Waals surface area contributed by atoms with Crippen LogP contribution in [0.1, 0.15) is 81.6 Å². The van der Waals surface area contributed by atoms with Gasteiger partial charge in [-0.2, -0.15) is 0 Å². The van der Waals surface area contributed by atoms with Crippen molar-refractivity contribution in [3.05, 3.63) is 11.6 Å². The molecule has 1 heterocycles. The van der Waals surface area contributed by atoms with Crippen LogP contribution in [0.15, 0.2) is 11.6 Å². The van der Waals surface area contributed by atoms with Crippen molar-refractivity contribution in [3.63, 3.8) is 0 Å². The van der Waals surface area contributed by atoms with Crippen LogP contribution in [0.3, 0.4) is 0 Å². The number of hydrogen-bond donors (Lipinski definition) is 1. The van der Waals surface area contributed by atoms with Crippen LogP contribution in [0.4, 0.5) is 0 Å². The van der Waals surface area contributed by atoms with E-state index in [9.17, 15) is 14.4 Å². The third kappa shape index (κ3) is 8.10. The van der Waals surface area contributed by atoms with E-state index in [1.54, 1.807) is 31.9 Å². The van der Waals surface area contributed by atoms with Crippen LogP contribution in [0.5, 0.6) is 0 Å². The molecule has 0 radical (unpaired) electrons. The summed E-state index contributed by atoms with van der Waals surface area (Å²) in [5.74, 6) is -0.118. The molecule has 34 heavy (non-hydrogen) atoms. The molecule has 1 aliphatic rings. The van der Waals surface area contributed by atoms with Crippen molar-refractivity contribution < 1.29 is 19.1 Å². The van der Waals surface area contributed by atoms with Crippen LogP contribution in [-0.2, 0) is 19.1 Å². The molecular weight excluding hydrogens is 430 g/mol. The maximum atomic E-state index is 13.6. The van der Waals surface area contributed by atoms with E-state index in [0.717, 1.165) is 25.8 Å². The summed E-state index contributed by atoms with van der Waals surface area (Å²) in [4.78, 5) is 43.1. The Morgan fingerprint density at radius 1 is 1.03 bits per heavy atom. The molecule has 2 amide bonds. The fraction of sp³-hybridized carbons (Fsp3) is 0.815. The second-order valence-electron chi connectivity index (χ2n) is 10.7. The number of piperidine rings is 1. The zero-order valence-electron chi connectivity index (χ0n) is 23.2. The van der Waals surface area contributed by atoms with Gasteiger partial charge in [0.1, 0.15) is 6.04 Å². The summed E-state index contributed by atoms with van der Waals surface area (Å²) in [5, 5.41) is 3.10. The van der Waals surface area contributed by atoms with Gasteiger partial charge < -0.3 is 15.0 Å². The summed E-state index contributed by atoms with van der Waals surface area (Å²) >= 11 is 0. The largest absolute Gasteiger partial charge is 0.463 e. The Morgan fingerprint density at radius 3 is 2.15 bits per heavy atom. The number of nitrogens with zero attached hydrogens (tertiary/aromatic N) is 2. The van der Waals surface area contributed by atoms with Gasteiger partial charge in [-0.25, -0.2) is 4.79 Å². The van der Waals surface area contributed by atoms with Gasteiger partial charge in [-0.3, -0.25) is 14.5 Å². The fourth-order valence-electron chi connectivity index (χ4n) is 4.56. The Morgan fingerprint density at radius 2 is 1.65 bits per heavy atom. The summed E-state index contributed by atoms with van der Waals surface area (Å²) in [6, 6.07) is -0.832. The topological polar surface area (TPSA) is 79.0 Å². The molecule has 0 bridgehead atoms. The maximum Gasteiger partial charge on any atom is 0.333 e. The Hall–Kier alpha value is -1.89. The molecule has 1 N–H and O–H groups in total. The van der Waals surface area contributed by atoms with Crippen LogP contribution in [0.2, 0.25) is 0 Å². The van der Waals surface area contributed by atoms with Crippen LogP contribution in [0.25, 0.3) is 0 Å². The van der Waals surface area contributed by atoms with E-state index >= 15 is 0 Å². The molecule has 196 valence electrons. The first-order valence-electron chi connectivity index (χ1n) is 13.0. The summed E-state index contributed by atoms with van der Waals surface area (Å²) in [6.07, 6.45) is 4.73. The third-order valence-electron chi connectivity index (χ3n) is 7.06. The van der Waals surface area contributed by atoms with Crippen molar-refractivity contribution in [1.82, 2.24) is 15.1 Å². The average Bonchev–Trinajstić information content (AvgIpc) is 2.78. The number of esters is 1. The summed E-state index contributed by atoms with van der Waals surface area (Å²) in [7, 11) is 1.75. The van der Waals surface area contributed by atoms with Gasteiger partial charge in [-0.1, -0.05) is 54.0 Å². The van der Waals surface area contributed by atoms with E-state index in [-0.39, 0.29) is 41.7 Å². The molecule has 0 aliphatic carbocycles. The Kier molecular flexibility index (Phi) is 12.3. The number of ether oxygens (including phenoxy) is 1. The predicted molar refractivity (Wildman–Crippen MR) is 137 cm³/mol. The predicted octanol–water partition coefficient (Wildman–Crippen LogP) is 4.02. The molecule has 0 spiro atoms. The first-order chi connectivity index (χ1) is 15.8. The Balaban J connectivity index is 3.09. The highest BCUT2D eigenvalue weighted by Gasteiger charge is 2.37. The van der Waals surface area contributed by atoms with E-state index < -0.39 is 6.04 Å². The summed E-state index contributed by atoms with van der Waals surface area (Å²) < 4.78 is 5.10. The van der Waals surface area contributed by atoms with E-state index in [0.29, 0.717) is 24.1 Å². The van der Waals surface area contributed by atoms with Crippen LogP contribution >= 0.6 is 0 Å². The normalized spacial score (nSPS) is 20.3. The van der Waals surface area contributed by atoms with Crippen molar-refractivity contribution in [2.45, 2.75) is 106 Å². The standard InChI is InChI=1S/C27H49N3O4/c1-11-34-27(33)20(8)16-23(18(4)5)29(10)26(32)24(19(6)7)28-25(31)22-14-12-13-15-30(22)21(9)17(2)3/h16-19,21-24H,11-15H2,1-10H3,(H,28,31)/b20-16+/t21?,22-,23-,24?/m1/s1. The quantitative estimate of drug-likeness (QED) is 0.358. The van der Waals surface area contributed by atoms with E-state index in [1.165, 1.54) is 0 Å². The number of amides is 2. The molecule has 0 aromatic rings. The van der Waals surface area contributed by atoms with Crippen LogP contribution in [0, 0.1) is 17.8 Å². The fourth-order valence-corrected chi connectivity index (χ4v) is 4.56. The highest BCUT2D eigenvalue weighted by Crippen LogP contribution is 2.24. The third-order valence-corrected chi connectivity index (χ3v) is 7.06. The van der Waals surface area contributed by atoms with Crippen molar-refractivity contribution in [2.75, 3.05) is 20.2 Å². The van der Waals surface area contributed by atoms with Crippen molar-refractivity contribution in [2.24, 2.45) is 17.8 Å².